The topological polar surface area (TPSA) is 50.8 Å². The Morgan fingerprint density at radius 3 is 2.36 bits per heavy atom. The number of nitrogens with one attached hydrogen (secondary N) is 1. The lowest BCUT2D eigenvalue weighted by molar-refractivity contribution is 0.102. The van der Waals surface area contributed by atoms with Crippen LogP contribution < -0.4 is 19.7 Å². The van der Waals surface area contributed by atoms with Crippen LogP contribution in [-0.4, -0.2) is 32.7 Å². The fourth-order valence-electron chi connectivity index (χ4n) is 2.47. The van der Waals surface area contributed by atoms with Gasteiger partial charge in [0.2, 0.25) is 0 Å². The van der Waals surface area contributed by atoms with E-state index >= 15 is 0 Å². The van der Waals surface area contributed by atoms with E-state index in [9.17, 15) is 4.79 Å². The molecule has 0 spiro atoms. The average Bonchev–Trinajstić information content (AvgIpc) is 2.63. The standard InChI is InChI=1S/C20H26N2O3/c1-5-22(4)17-11-9-8-10-16(17)21-20(23)15-12-13-18(24-6-2)19(14-15)25-7-3/h8-14H,5-7H2,1-4H3,(H,21,23). The molecule has 0 fully saturated rings. The number of para-hydroxylation sites is 2. The fourth-order valence-corrected chi connectivity index (χ4v) is 2.47. The van der Waals surface area contributed by atoms with Crippen LogP contribution >= 0.6 is 0 Å². The molecule has 0 aliphatic rings. The molecule has 0 aliphatic heterocycles. The van der Waals surface area contributed by atoms with Crippen LogP contribution in [-0.2, 0) is 0 Å². The number of ether oxygens (including phenoxy) is 2. The summed E-state index contributed by atoms with van der Waals surface area (Å²) in [7, 11) is 2.00. The van der Waals surface area contributed by atoms with Crippen molar-refractivity contribution in [3.63, 3.8) is 0 Å². The third-order valence-corrected chi connectivity index (χ3v) is 3.84. The van der Waals surface area contributed by atoms with Gasteiger partial charge in [0.15, 0.2) is 11.5 Å². The summed E-state index contributed by atoms with van der Waals surface area (Å²) >= 11 is 0. The van der Waals surface area contributed by atoms with E-state index in [1.807, 2.05) is 45.2 Å². The lowest BCUT2D eigenvalue weighted by Crippen LogP contribution is -2.20. The molecule has 5 nitrogen and oxygen atoms in total. The molecular formula is C20H26N2O3. The highest BCUT2D eigenvalue weighted by Gasteiger charge is 2.14. The second-order valence-electron chi connectivity index (χ2n) is 5.51. The zero-order valence-corrected chi connectivity index (χ0v) is 15.3. The van der Waals surface area contributed by atoms with E-state index in [2.05, 4.69) is 17.1 Å². The van der Waals surface area contributed by atoms with Crippen LogP contribution in [0.2, 0.25) is 0 Å². The predicted octanol–water partition coefficient (Wildman–Crippen LogP) is 4.19. The van der Waals surface area contributed by atoms with Crippen molar-refractivity contribution in [1.82, 2.24) is 0 Å². The van der Waals surface area contributed by atoms with Gasteiger partial charge in [-0.05, 0) is 51.1 Å². The maximum absolute atomic E-state index is 12.7. The molecule has 25 heavy (non-hydrogen) atoms. The molecule has 0 radical (unpaired) electrons. The first-order valence-corrected chi connectivity index (χ1v) is 8.61. The Kier molecular flexibility index (Phi) is 6.69. The zero-order chi connectivity index (χ0) is 18.2. The normalized spacial score (nSPS) is 10.2. The van der Waals surface area contributed by atoms with Gasteiger partial charge in [-0.2, -0.15) is 0 Å². The van der Waals surface area contributed by atoms with E-state index in [4.69, 9.17) is 9.47 Å². The van der Waals surface area contributed by atoms with Crippen LogP contribution in [0.15, 0.2) is 42.5 Å². The van der Waals surface area contributed by atoms with Crippen molar-refractivity contribution < 1.29 is 14.3 Å². The zero-order valence-electron chi connectivity index (χ0n) is 15.3. The van der Waals surface area contributed by atoms with Gasteiger partial charge in [-0.1, -0.05) is 12.1 Å². The van der Waals surface area contributed by atoms with Gasteiger partial charge in [-0.15, -0.1) is 0 Å². The Bertz CT molecular complexity index is 716. The van der Waals surface area contributed by atoms with Gasteiger partial charge in [-0.25, -0.2) is 0 Å². The second kappa shape index (κ2) is 8.97. The van der Waals surface area contributed by atoms with Crippen molar-refractivity contribution in [2.75, 3.05) is 37.0 Å². The predicted molar refractivity (Wildman–Crippen MR) is 102 cm³/mol. The number of benzene rings is 2. The van der Waals surface area contributed by atoms with Gasteiger partial charge in [0.1, 0.15) is 0 Å². The number of hydrogen-bond donors (Lipinski definition) is 1. The highest BCUT2D eigenvalue weighted by Crippen LogP contribution is 2.30. The van der Waals surface area contributed by atoms with E-state index in [0.29, 0.717) is 30.3 Å². The number of anilines is 2. The van der Waals surface area contributed by atoms with Crippen molar-refractivity contribution in [1.29, 1.82) is 0 Å². The van der Waals surface area contributed by atoms with Crippen molar-refractivity contribution in [2.45, 2.75) is 20.8 Å². The summed E-state index contributed by atoms with van der Waals surface area (Å²) in [4.78, 5) is 14.8. The van der Waals surface area contributed by atoms with Gasteiger partial charge in [-0.3, -0.25) is 4.79 Å². The molecule has 134 valence electrons. The average molecular weight is 342 g/mol. The summed E-state index contributed by atoms with van der Waals surface area (Å²) in [5.74, 6) is 1.05. The highest BCUT2D eigenvalue weighted by atomic mass is 16.5. The summed E-state index contributed by atoms with van der Waals surface area (Å²) in [6.07, 6.45) is 0. The molecule has 2 aromatic rings. The quantitative estimate of drug-likeness (QED) is 0.781. The minimum atomic E-state index is -0.180. The van der Waals surface area contributed by atoms with Crippen LogP contribution in [0.3, 0.4) is 0 Å². The Labute approximate surface area is 149 Å². The molecule has 0 aliphatic carbocycles. The lowest BCUT2D eigenvalue weighted by atomic mass is 10.1. The minimum absolute atomic E-state index is 0.180. The van der Waals surface area contributed by atoms with Crippen molar-refractivity contribution >= 4 is 17.3 Å². The van der Waals surface area contributed by atoms with E-state index in [0.717, 1.165) is 17.9 Å². The molecule has 0 heterocycles. The molecule has 0 atom stereocenters. The smallest absolute Gasteiger partial charge is 0.255 e. The van der Waals surface area contributed by atoms with E-state index in [-0.39, 0.29) is 5.91 Å². The monoisotopic (exact) mass is 342 g/mol. The molecule has 0 saturated heterocycles. The molecule has 2 aromatic carbocycles. The van der Waals surface area contributed by atoms with E-state index < -0.39 is 0 Å². The highest BCUT2D eigenvalue weighted by molar-refractivity contribution is 6.06. The molecule has 2 rings (SSSR count). The molecule has 0 unspecified atom stereocenters. The third kappa shape index (κ3) is 4.66. The van der Waals surface area contributed by atoms with Crippen molar-refractivity contribution in [3.05, 3.63) is 48.0 Å². The van der Waals surface area contributed by atoms with E-state index in [1.54, 1.807) is 18.2 Å². The number of amides is 1. The first kappa shape index (κ1) is 18.6. The van der Waals surface area contributed by atoms with Crippen LogP contribution in [0.1, 0.15) is 31.1 Å². The van der Waals surface area contributed by atoms with Crippen LogP contribution in [0.4, 0.5) is 11.4 Å². The summed E-state index contributed by atoms with van der Waals surface area (Å²) in [5, 5.41) is 2.99. The second-order valence-corrected chi connectivity index (χ2v) is 5.51. The maximum atomic E-state index is 12.7. The lowest BCUT2D eigenvalue weighted by Gasteiger charge is -2.21. The van der Waals surface area contributed by atoms with Gasteiger partial charge in [0, 0.05) is 19.2 Å². The molecule has 0 aromatic heterocycles. The Hall–Kier alpha value is -2.69. The van der Waals surface area contributed by atoms with Crippen molar-refractivity contribution in [2.24, 2.45) is 0 Å². The van der Waals surface area contributed by atoms with E-state index in [1.165, 1.54) is 0 Å². The molecular weight excluding hydrogens is 316 g/mol. The van der Waals surface area contributed by atoms with Crippen LogP contribution in [0.5, 0.6) is 11.5 Å². The summed E-state index contributed by atoms with van der Waals surface area (Å²) in [6, 6.07) is 13.0. The number of carbonyl (C=O) groups is 1. The SMILES string of the molecule is CCOc1ccc(C(=O)Nc2ccccc2N(C)CC)cc1OCC. The Balaban J connectivity index is 2.25. The number of carbonyl (C=O) groups excluding carboxylic acids is 1. The van der Waals surface area contributed by atoms with Gasteiger partial charge in [0.25, 0.3) is 5.91 Å². The maximum Gasteiger partial charge on any atom is 0.255 e. The first-order chi connectivity index (χ1) is 12.1. The molecule has 1 amide bonds. The molecule has 5 heteroatoms. The van der Waals surface area contributed by atoms with Crippen LogP contribution in [0.25, 0.3) is 0 Å². The fraction of sp³-hybridized carbons (Fsp3) is 0.350. The van der Waals surface area contributed by atoms with Crippen LogP contribution in [0, 0.1) is 0 Å². The molecule has 0 bridgehead atoms. The Morgan fingerprint density at radius 2 is 1.68 bits per heavy atom. The summed E-state index contributed by atoms with van der Waals surface area (Å²) in [5.41, 5.74) is 2.29. The van der Waals surface area contributed by atoms with Crippen molar-refractivity contribution in [3.8, 4) is 11.5 Å². The summed E-state index contributed by atoms with van der Waals surface area (Å²) < 4.78 is 11.1. The largest absolute Gasteiger partial charge is 0.490 e. The number of nitrogens with zero attached hydrogens (tertiary/aromatic N) is 1. The van der Waals surface area contributed by atoms with Gasteiger partial charge >= 0.3 is 0 Å². The molecule has 0 saturated carbocycles. The minimum Gasteiger partial charge on any atom is -0.490 e. The molecule has 1 N–H and O–H groups in total. The van der Waals surface area contributed by atoms with Gasteiger partial charge in [0.05, 0.1) is 24.6 Å². The number of hydrogen-bond acceptors (Lipinski definition) is 4. The van der Waals surface area contributed by atoms with Gasteiger partial charge < -0.3 is 19.7 Å². The first-order valence-electron chi connectivity index (χ1n) is 8.61. The summed E-state index contributed by atoms with van der Waals surface area (Å²) in [6.45, 7) is 7.79. The Morgan fingerprint density at radius 1 is 1.00 bits per heavy atom. The number of rotatable bonds is 8. The third-order valence-electron chi connectivity index (χ3n) is 3.84.